The van der Waals surface area contributed by atoms with Gasteiger partial charge in [-0.3, -0.25) is 14.4 Å². The number of ether oxygens (including phenoxy) is 1. The van der Waals surface area contributed by atoms with E-state index in [0.717, 1.165) is 40.6 Å². The van der Waals surface area contributed by atoms with E-state index >= 15 is 0 Å². The number of rotatable bonds is 5. The van der Waals surface area contributed by atoms with Crippen molar-refractivity contribution in [3.05, 3.63) is 66.0 Å². The van der Waals surface area contributed by atoms with Gasteiger partial charge in [0.25, 0.3) is 11.8 Å². The Morgan fingerprint density at radius 1 is 0.864 bits per heavy atom. The number of morpholine rings is 1. The molecule has 230 valence electrons. The summed E-state index contributed by atoms with van der Waals surface area (Å²) in [6, 6.07) is 16.8. The zero-order chi connectivity index (χ0) is 30.7. The number of piperazine rings is 1. The maximum atomic E-state index is 14.1. The molecule has 3 amide bonds. The molecular weight excluding hydrogens is 556 g/mol. The fraction of sp³-hybridized carbons (Fsp3) is 0.441. The van der Waals surface area contributed by atoms with Crippen LogP contribution in [0.5, 0.6) is 0 Å². The second kappa shape index (κ2) is 10.7. The highest BCUT2D eigenvalue weighted by molar-refractivity contribution is 6.01. The van der Waals surface area contributed by atoms with Crippen LogP contribution in [0.25, 0.3) is 21.8 Å². The third-order valence-electron chi connectivity index (χ3n) is 9.70. The van der Waals surface area contributed by atoms with Crippen molar-refractivity contribution in [2.45, 2.75) is 45.8 Å². The van der Waals surface area contributed by atoms with E-state index in [1.165, 1.54) is 0 Å². The Morgan fingerprint density at radius 2 is 1.52 bits per heavy atom. The lowest BCUT2D eigenvalue weighted by Gasteiger charge is -2.39. The fourth-order valence-electron chi connectivity index (χ4n) is 7.14. The van der Waals surface area contributed by atoms with Crippen LogP contribution in [0.3, 0.4) is 0 Å². The molecule has 0 saturated carbocycles. The monoisotopic (exact) mass is 596 g/mol. The van der Waals surface area contributed by atoms with E-state index < -0.39 is 11.5 Å². The van der Waals surface area contributed by atoms with E-state index in [9.17, 15) is 14.4 Å². The SMILES string of the molecule is CC1C2CN(C(=O)C(NC(=O)c3cc4ccccc4[nH]3)C(C)(C)C)C1CN2C(=O)c1cc2ccc(N3CCOCC3)cc2[nH]1. The summed E-state index contributed by atoms with van der Waals surface area (Å²) in [5, 5.41) is 4.97. The molecule has 4 unspecified atom stereocenters. The molecule has 0 spiro atoms. The van der Waals surface area contributed by atoms with E-state index in [1.54, 1.807) is 0 Å². The Hall–Kier alpha value is -4.31. The minimum atomic E-state index is -0.716. The first-order valence-electron chi connectivity index (χ1n) is 15.5. The van der Waals surface area contributed by atoms with Gasteiger partial charge in [-0.1, -0.05) is 52.0 Å². The first-order valence-corrected chi connectivity index (χ1v) is 15.5. The van der Waals surface area contributed by atoms with Crippen molar-refractivity contribution in [2.24, 2.45) is 11.3 Å². The molecule has 2 bridgehead atoms. The molecule has 3 N–H and O–H groups in total. The van der Waals surface area contributed by atoms with Crippen molar-refractivity contribution in [1.29, 1.82) is 0 Å². The van der Waals surface area contributed by atoms with Crippen LogP contribution in [0.2, 0.25) is 0 Å². The summed E-state index contributed by atoms with van der Waals surface area (Å²) in [6.45, 7) is 12.1. The van der Waals surface area contributed by atoms with Crippen LogP contribution < -0.4 is 10.2 Å². The molecule has 3 aliphatic heterocycles. The summed E-state index contributed by atoms with van der Waals surface area (Å²) in [5.41, 5.74) is 3.41. The highest BCUT2D eigenvalue weighted by Gasteiger charge is 2.54. The average molecular weight is 597 g/mol. The molecule has 7 rings (SSSR count). The van der Waals surface area contributed by atoms with Gasteiger partial charge in [-0.25, -0.2) is 0 Å². The molecule has 5 heterocycles. The minimum Gasteiger partial charge on any atom is -0.378 e. The number of carbonyl (C=O) groups excluding carboxylic acids is 3. The van der Waals surface area contributed by atoms with Gasteiger partial charge in [0.05, 0.1) is 25.3 Å². The normalized spacial score (nSPS) is 22.6. The second-order valence-corrected chi connectivity index (χ2v) is 13.5. The Balaban J connectivity index is 1.06. The smallest absolute Gasteiger partial charge is 0.270 e. The zero-order valence-corrected chi connectivity index (χ0v) is 25.7. The summed E-state index contributed by atoms with van der Waals surface area (Å²) in [5.74, 6) is -0.320. The number of hydrogen-bond donors (Lipinski definition) is 3. The lowest BCUT2D eigenvalue weighted by molar-refractivity contribution is -0.138. The zero-order valence-electron chi connectivity index (χ0n) is 25.7. The number of likely N-dealkylation sites (tertiary alicyclic amines) is 2. The van der Waals surface area contributed by atoms with Crippen LogP contribution in [0.4, 0.5) is 5.69 Å². The molecule has 2 aromatic carbocycles. The molecule has 0 aliphatic carbocycles. The number of para-hydroxylation sites is 1. The van der Waals surface area contributed by atoms with E-state index in [0.29, 0.717) is 37.7 Å². The van der Waals surface area contributed by atoms with Crippen molar-refractivity contribution in [1.82, 2.24) is 25.1 Å². The summed E-state index contributed by atoms with van der Waals surface area (Å²) in [6.07, 6.45) is 0. The van der Waals surface area contributed by atoms with Gasteiger partial charge < -0.3 is 34.7 Å². The molecule has 3 fully saturated rings. The van der Waals surface area contributed by atoms with E-state index in [1.807, 2.05) is 67.0 Å². The number of nitrogens with one attached hydrogen (secondary N) is 3. The van der Waals surface area contributed by atoms with Gasteiger partial charge in [-0.2, -0.15) is 0 Å². The number of hydrogen-bond acceptors (Lipinski definition) is 5. The van der Waals surface area contributed by atoms with Crippen LogP contribution in [0.1, 0.15) is 48.7 Å². The molecule has 10 nitrogen and oxygen atoms in total. The summed E-state index contributed by atoms with van der Waals surface area (Å²) in [7, 11) is 0. The molecule has 4 atom stereocenters. The minimum absolute atomic E-state index is 0.0416. The molecular formula is C34H40N6O4. The third-order valence-corrected chi connectivity index (χ3v) is 9.70. The Bertz CT molecular complexity index is 1710. The molecule has 44 heavy (non-hydrogen) atoms. The predicted molar refractivity (Wildman–Crippen MR) is 170 cm³/mol. The highest BCUT2D eigenvalue weighted by Crippen LogP contribution is 2.38. The third kappa shape index (κ3) is 4.91. The number of nitrogens with zero attached hydrogens (tertiary/aromatic N) is 3. The van der Waals surface area contributed by atoms with Crippen LogP contribution in [-0.2, 0) is 9.53 Å². The standard InChI is InChI=1S/C34H40N6O4/c1-20-28-19-40(33(43)30(34(2,3)4)37-31(41)26-15-21-7-5-6-8-24(21)35-26)29(20)18-39(28)32(42)27-16-22-9-10-23(17-25(22)36-27)38-11-13-44-14-12-38/h5-10,15-17,20,28-30,35-36H,11-14,18-19H2,1-4H3,(H,37,41). The average Bonchev–Trinajstić information content (AvgIpc) is 3.79. The molecule has 10 heteroatoms. The highest BCUT2D eigenvalue weighted by atomic mass is 16.5. The summed E-state index contributed by atoms with van der Waals surface area (Å²) < 4.78 is 5.49. The van der Waals surface area contributed by atoms with Gasteiger partial charge in [0.1, 0.15) is 17.4 Å². The number of amides is 3. The van der Waals surface area contributed by atoms with Crippen molar-refractivity contribution < 1.29 is 19.1 Å². The number of aromatic nitrogens is 2. The number of aromatic amines is 2. The van der Waals surface area contributed by atoms with Crippen LogP contribution in [0, 0.1) is 11.3 Å². The molecule has 3 saturated heterocycles. The Labute approximate surface area is 256 Å². The lowest BCUT2D eigenvalue weighted by atomic mass is 9.85. The summed E-state index contributed by atoms with van der Waals surface area (Å²) >= 11 is 0. The number of anilines is 1. The maximum absolute atomic E-state index is 14.1. The lowest BCUT2D eigenvalue weighted by Crippen LogP contribution is -2.59. The maximum Gasteiger partial charge on any atom is 0.270 e. The van der Waals surface area contributed by atoms with Crippen molar-refractivity contribution in [2.75, 3.05) is 44.3 Å². The van der Waals surface area contributed by atoms with E-state index in [4.69, 9.17) is 4.74 Å². The molecule has 2 aromatic heterocycles. The second-order valence-electron chi connectivity index (χ2n) is 13.5. The first-order chi connectivity index (χ1) is 21.1. The predicted octanol–water partition coefficient (Wildman–Crippen LogP) is 4.00. The topological polar surface area (TPSA) is 114 Å². The first kappa shape index (κ1) is 28.5. The van der Waals surface area contributed by atoms with Gasteiger partial charge in [0.2, 0.25) is 5.91 Å². The molecule has 0 radical (unpaired) electrons. The van der Waals surface area contributed by atoms with Gasteiger partial charge in [0.15, 0.2) is 0 Å². The van der Waals surface area contributed by atoms with Crippen LogP contribution >= 0.6 is 0 Å². The number of carbonyl (C=O) groups is 3. The summed E-state index contributed by atoms with van der Waals surface area (Å²) in [4.78, 5) is 53.8. The van der Waals surface area contributed by atoms with Crippen molar-refractivity contribution >= 4 is 45.2 Å². The van der Waals surface area contributed by atoms with E-state index in [2.05, 4.69) is 45.3 Å². The Kier molecular flexibility index (Phi) is 6.92. The quantitative estimate of drug-likeness (QED) is 0.322. The fourth-order valence-corrected chi connectivity index (χ4v) is 7.14. The number of fused-ring (bicyclic) bond motifs is 4. The van der Waals surface area contributed by atoms with E-state index in [-0.39, 0.29) is 35.7 Å². The van der Waals surface area contributed by atoms with Gasteiger partial charge >= 0.3 is 0 Å². The number of H-pyrrole nitrogens is 2. The largest absolute Gasteiger partial charge is 0.378 e. The van der Waals surface area contributed by atoms with Gasteiger partial charge in [-0.05, 0) is 35.7 Å². The molecule has 4 aromatic rings. The van der Waals surface area contributed by atoms with Crippen molar-refractivity contribution in [3.63, 3.8) is 0 Å². The van der Waals surface area contributed by atoms with Crippen LogP contribution in [0.15, 0.2) is 54.6 Å². The molecule has 3 aliphatic rings. The van der Waals surface area contributed by atoms with Crippen LogP contribution in [-0.4, -0.2) is 95.0 Å². The van der Waals surface area contributed by atoms with Crippen molar-refractivity contribution in [3.8, 4) is 0 Å². The Morgan fingerprint density at radius 3 is 2.23 bits per heavy atom. The van der Waals surface area contributed by atoms with Gasteiger partial charge in [-0.15, -0.1) is 0 Å². The number of benzene rings is 2. The van der Waals surface area contributed by atoms with Gasteiger partial charge in [0, 0.05) is 59.6 Å².